The number of benzene rings is 1. The molecule has 10 heteroatoms. The van der Waals surface area contributed by atoms with Gasteiger partial charge in [-0.05, 0) is 51.1 Å². The molecule has 1 aromatic carbocycles. The zero-order chi connectivity index (χ0) is 25.9. The minimum Gasteiger partial charge on any atom is -0.480 e. The van der Waals surface area contributed by atoms with Crippen molar-refractivity contribution in [3.63, 3.8) is 0 Å². The highest BCUT2D eigenvalue weighted by Gasteiger charge is 2.24. The summed E-state index contributed by atoms with van der Waals surface area (Å²) < 4.78 is 32.5. The molecule has 4 heterocycles. The van der Waals surface area contributed by atoms with Gasteiger partial charge in [0.15, 0.2) is 0 Å². The molecule has 5 rings (SSSR count). The van der Waals surface area contributed by atoms with E-state index in [0.29, 0.717) is 25.1 Å². The minimum atomic E-state index is -2.89. The number of alkyl halides is 2. The van der Waals surface area contributed by atoms with Crippen LogP contribution in [0.1, 0.15) is 41.5 Å². The number of carboxylic acid groups (broad SMARTS) is 1. The Morgan fingerprint density at radius 2 is 1.84 bits per heavy atom. The third-order valence-electron chi connectivity index (χ3n) is 6.78. The number of pyridine rings is 1. The van der Waals surface area contributed by atoms with Crippen LogP contribution in [0, 0.1) is 6.92 Å². The highest BCUT2D eigenvalue weighted by atomic mass is 19.3. The molecule has 0 aliphatic carbocycles. The number of carboxylic acids is 1. The van der Waals surface area contributed by atoms with Crippen LogP contribution in [0.15, 0.2) is 55.0 Å². The smallest absolute Gasteiger partial charge is 0.387 e. The van der Waals surface area contributed by atoms with E-state index < -0.39 is 12.6 Å². The number of hydrogen-bond donors (Lipinski definition) is 1. The molecule has 3 aromatic heterocycles. The maximum Gasteiger partial charge on any atom is 0.387 e. The van der Waals surface area contributed by atoms with E-state index in [2.05, 4.69) is 15.0 Å². The van der Waals surface area contributed by atoms with Crippen LogP contribution in [0.25, 0.3) is 16.8 Å². The predicted octanol–water partition coefficient (Wildman–Crippen LogP) is 4.56. The van der Waals surface area contributed by atoms with E-state index in [1.807, 2.05) is 46.9 Å². The van der Waals surface area contributed by atoms with Gasteiger partial charge in [0.05, 0.1) is 12.2 Å². The number of imidazole rings is 1. The van der Waals surface area contributed by atoms with Crippen LogP contribution in [0.2, 0.25) is 0 Å². The molecule has 1 fully saturated rings. The van der Waals surface area contributed by atoms with Gasteiger partial charge in [-0.15, -0.1) is 0 Å². The number of para-hydroxylation sites is 1. The Kier molecular flexibility index (Phi) is 7.09. The average molecular weight is 508 g/mol. The van der Waals surface area contributed by atoms with E-state index in [1.165, 1.54) is 0 Å². The number of nitrogens with zero attached hydrogens (tertiary/aromatic N) is 5. The number of halogens is 2. The summed E-state index contributed by atoms with van der Waals surface area (Å²) in [7, 11) is 0. The molecule has 0 atom stereocenters. The van der Waals surface area contributed by atoms with Crippen LogP contribution in [-0.2, 0) is 11.2 Å². The summed E-state index contributed by atoms with van der Waals surface area (Å²) in [4.78, 5) is 26.7. The van der Waals surface area contributed by atoms with E-state index in [4.69, 9.17) is 9.84 Å². The summed E-state index contributed by atoms with van der Waals surface area (Å²) in [5.41, 5.74) is 4.87. The van der Waals surface area contributed by atoms with Crippen LogP contribution in [0.5, 0.6) is 5.75 Å². The second-order valence-electron chi connectivity index (χ2n) is 9.23. The lowest BCUT2D eigenvalue weighted by Crippen LogP contribution is -2.37. The Bertz CT molecular complexity index is 1400. The van der Waals surface area contributed by atoms with Crippen molar-refractivity contribution in [1.29, 1.82) is 0 Å². The highest BCUT2D eigenvalue weighted by Crippen LogP contribution is 2.29. The Labute approximate surface area is 212 Å². The van der Waals surface area contributed by atoms with Gasteiger partial charge in [0.2, 0.25) is 0 Å². The van der Waals surface area contributed by atoms with Crippen LogP contribution in [0.4, 0.5) is 8.78 Å². The molecular weight excluding hydrogens is 480 g/mol. The van der Waals surface area contributed by atoms with Gasteiger partial charge in [-0.2, -0.15) is 8.78 Å². The van der Waals surface area contributed by atoms with E-state index in [1.54, 1.807) is 24.3 Å². The number of piperidine rings is 1. The van der Waals surface area contributed by atoms with Crippen molar-refractivity contribution in [1.82, 2.24) is 24.3 Å². The SMILES string of the molecule is Cc1nc2ccc(-c3cnc(C4CCN(CC(=O)O)CC4)nc3)cn2c1Cc1ccccc1OC(F)F. The molecule has 1 saturated heterocycles. The van der Waals surface area contributed by atoms with Crippen molar-refractivity contribution in [2.45, 2.75) is 38.7 Å². The summed E-state index contributed by atoms with van der Waals surface area (Å²) in [6.07, 6.45) is 7.62. The van der Waals surface area contributed by atoms with Gasteiger partial charge in [-0.25, -0.2) is 15.0 Å². The van der Waals surface area contributed by atoms with Crippen LogP contribution in [-0.4, -0.2) is 61.6 Å². The molecule has 0 amide bonds. The second kappa shape index (κ2) is 10.6. The fourth-order valence-corrected chi connectivity index (χ4v) is 4.87. The largest absolute Gasteiger partial charge is 0.480 e. The Hall–Kier alpha value is -3.92. The van der Waals surface area contributed by atoms with Crippen molar-refractivity contribution in [2.75, 3.05) is 19.6 Å². The van der Waals surface area contributed by atoms with Gasteiger partial charge in [-0.3, -0.25) is 9.69 Å². The minimum absolute atomic E-state index is 0.0650. The summed E-state index contributed by atoms with van der Waals surface area (Å²) in [5, 5.41) is 8.98. The number of ether oxygens (including phenoxy) is 1. The molecule has 192 valence electrons. The van der Waals surface area contributed by atoms with Crippen molar-refractivity contribution in [3.05, 3.63) is 77.8 Å². The van der Waals surface area contributed by atoms with Gasteiger partial charge < -0.3 is 14.2 Å². The normalized spacial score (nSPS) is 14.9. The Morgan fingerprint density at radius 1 is 1.11 bits per heavy atom. The molecule has 1 aliphatic heterocycles. The maximum absolute atomic E-state index is 12.9. The topological polar surface area (TPSA) is 92.9 Å². The summed E-state index contributed by atoms with van der Waals surface area (Å²) in [6, 6.07) is 10.7. The maximum atomic E-state index is 12.9. The molecule has 37 heavy (non-hydrogen) atoms. The first-order chi connectivity index (χ1) is 17.9. The number of rotatable bonds is 8. The number of likely N-dealkylation sites (tertiary alicyclic amines) is 1. The first-order valence-electron chi connectivity index (χ1n) is 12.1. The second-order valence-corrected chi connectivity index (χ2v) is 9.23. The molecule has 4 aromatic rings. The first-order valence-corrected chi connectivity index (χ1v) is 12.1. The van der Waals surface area contributed by atoms with E-state index >= 15 is 0 Å². The first kappa shape index (κ1) is 24.8. The van der Waals surface area contributed by atoms with E-state index in [9.17, 15) is 13.6 Å². The number of aromatic nitrogens is 4. The molecule has 0 unspecified atom stereocenters. The molecular formula is C27H27F2N5O3. The number of fused-ring (bicyclic) bond motifs is 1. The fourth-order valence-electron chi connectivity index (χ4n) is 4.87. The molecule has 1 aliphatic rings. The van der Waals surface area contributed by atoms with Gasteiger partial charge in [-0.1, -0.05) is 18.2 Å². The van der Waals surface area contributed by atoms with Crippen molar-refractivity contribution < 1.29 is 23.4 Å². The van der Waals surface area contributed by atoms with E-state index in [-0.39, 0.29) is 18.2 Å². The lowest BCUT2D eigenvalue weighted by atomic mass is 9.96. The summed E-state index contributed by atoms with van der Waals surface area (Å²) in [6.45, 7) is 0.504. The molecule has 0 radical (unpaired) electrons. The standard InChI is InChI=1S/C27H27F2N5O3/c1-17-22(12-19-4-2-3-5-23(19)37-27(28)29)34-15-20(6-7-24(34)32-17)21-13-30-26(31-14-21)18-8-10-33(11-9-18)16-25(35)36/h2-7,13-15,18,27H,8-12,16H2,1H3,(H,35,36). The zero-order valence-electron chi connectivity index (χ0n) is 20.3. The summed E-state index contributed by atoms with van der Waals surface area (Å²) in [5.74, 6) is 0.327. The van der Waals surface area contributed by atoms with Crippen molar-refractivity contribution in [2.24, 2.45) is 0 Å². The van der Waals surface area contributed by atoms with Gasteiger partial charge in [0, 0.05) is 53.3 Å². The molecule has 0 bridgehead atoms. The summed E-state index contributed by atoms with van der Waals surface area (Å²) >= 11 is 0. The highest BCUT2D eigenvalue weighted by molar-refractivity contribution is 5.69. The molecule has 1 N–H and O–H groups in total. The Balaban J connectivity index is 1.36. The fraction of sp³-hybridized carbons (Fsp3) is 0.333. The third-order valence-corrected chi connectivity index (χ3v) is 6.78. The average Bonchev–Trinajstić information content (AvgIpc) is 3.19. The molecule has 0 spiro atoms. The third kappa shape index (κ3) is 5.59. The zero-order valence-corrected chi connectivity index (χ0v) is 20.3. The van der Waals surface area contributed by atoms with E-state index in [0.717, 1.165) is 46.8 Å². The Morgan fingerprint density at radius 3 is 2.54 bits per heavy atom. The van der Waals surface area contributed by atoms with Crippen LogP contribution < -0.4 is 4.74 Å². The number of aliphatic carboxylic acids is 1. The van der Waals surface area contributed by atoms with Crippen LogP contribution >= 0.6 is 0 Å². The quantitative estimate of drug-likeness (QED) is 0.374. The van der Waals surface area contributed by atoms with Crippen molar-refractivity contribution in [3.8, 4) is 16.9 Å². The van der Waals surface area contributed by atoms with Gasteiger partial charge >= 0.3 is 12.6 Å². The van der Waals surface area contributed by atoms with Gasteiger partial charge in [0.25, 0.3) is 0 Å². The van der Waals surface area contributed by atoms with Gasteiger partial charge in [0.1, 0.15) is 17.2 Å². The van der Waals surface area contributed by atoms with Crippen molar-refractivity contribution >= 4 is 11.6 Å². The molecule has 0 saturated carbocycles. The molecule has 8 nitrogen and oxygen atoms in total. The predicted molar refractivity (Wildman–Crippen MR) is 133 cm³/mol. The number of hydrogen-bond acceptors (Lipinski definition) is 6. The lowest BCUT2D eigenvalue weighted by Gasteiger charge is -2.29. The number of carbonyl (C=O) groups is 1. The lowest BCUT2D eigenvalue weighted by molar-refractivity contribution is -0.138. The monoisotopic (exact) mass is 507 g/mol. The number of aryl methyl sites for hydroxylation is 1. The van der Waals surface area contributed by atoms with Crippen LogP contribution in [0.3, 0.4) is 0 Å².